The van der Waals surface area contributed by atoms with E-state index in [0.717, 1.165) is 28.9 Å². The molecule has 1 aromatic carbocycles. The van der Waals surface area contributed by atoms with Crippen molar-refractivity contribution in [1.29, 1.82) is 0 Å². The lowest BCUT2D eigenvalue weighted by Crippen LogP contribution is -2.68. The third-order valence-electron chi connectivity index (χ3n) is 6.22. The largest absolute Gasteiger partial charge is 0.391 e. The van der Waals surface area contributed by atoms with Crippen molar-refractivity contribution in [3.8, 4) is 0 Å². The van der Waals surface area contributed by atoms with Crippen molar-refractivity contribution >= 4 is 17.3 Å². The third-order valence-corrected chi connectivity index (χ3v) is 6.53. The molecule has 0 amide bonds. The number of anilines is 1. The Bertz CT molecular complexity index is 619. The normalized spacial score (nSPS) is 20.8. The number of benzene rings is 1. The molecule has 0 bridgehead atoms. The highest BCUT2D eigenvalue weighted by Crippen LogP contribution is 2.47. The van der Waals surface area contributed by atoms with E-state index in [2.05, 4.69) is 66.6 Å². The van der Waals surface area contributed by atoms with Gasteiger partial charge in [0.15, 0.2) is 0 Å². The Labute approximate surface area is 159 Å². The van der Waals surface area contributed by atoms with Crippen LogP contribution in [0.2, 0.25) is 5.02 Å². The molecule has 1 aromatic rings. The standard InChI is InChI=1S/C21H36ClN2O/c1-15-9-10-18(22)19(16(15)2)23-20(3,4)13-17(14-21(23,5)6)24(7,8)11-12-25/h9-10,17,25H,11-14H2,1-8H3/q+1. The predicted molar refractivity (Wildman–Crippen MR) is 109 cm³/mol. The lowest BCUT2D eigenvalue weighted by molar-refractivity contribution is -0.917. The van der Waals surface area contributed by atoms with E-state index in [1.165, 1.54) is 16.8 Å². The molecule has 1 saturated heterocycles. The fourth-order valence-corrected chi connectivity index (χ4v) is 5.10. The highest BCUT2D eigenvalue weighted by Gasteiger charge is 2.50. The molecular formula is C21H36ClN2O+. The van der Waals surface area contributed by atoms with Crippen LogP contribution in [0.4, 0.5) is 5.69 Å². The summed E-state index contributed by atoms with van der Waals surface area (Å²) in [4.78, 5) is 2.56. The Morgan fingerprint density at radius 3 is 2.12 bits per heavy atom. The van der Waals surface area contributed by atoms with E-state index in [-0.39, 0.29) is 17.7 Å². The van der Waals surface area contributed by atoms with Crippen molar-refractivity contribution < 1.29 is 9.59 Å². The molecule has 4 heteroatoms. The fraction of sp³-hybridized carbons (Fsp3) is 0.714. The Morgan fingerprint density at radius 1 is 1.12 bits per heavy atom. The molecule has 0 unspecified atom stereocenters. The second-order valence-corrected chi connectivity index (χ2v) is 9.99. The Kier molecular flexibility index (Phi) is 5.55. The summed E-state index contributed by atoms with van der Waals surface area (Å²) < 4.78 is 0.859. The van der Waals surface area contributed by atoms with Crippen molar-refractivity contribution in [3.63, 3.8) is 0 Å². The van der Waals surface area contributed by atoms with Gasteiger partial charge < -0.3 is 14.5 Å². The van der Waals surface area contributed by atoms with Crippen LogP contribution in [-0.2, 0) is 0 Å². The van der Waals surface area contributed by atoms with Crippen molar-refractivity contribution in [3.05, 3.63) is 28.3 Å². The minimum atomic E-state index is -0.0143. The number of aryl methyl sites for hydroxylation is 1. The second-order valence-electron chi connectivity index (χ2n) is 9.59. The molecule has 0 aliphatic carbocycles. The average Bonchev–Trinajstić information content (AvgIpc) is 2.44. The molecule has 2 rings (SSSR count). The van der Waals surface area contributed by atoms with Crippen LogP contribution in [0.15, 0.2) is 12.1 Å². The van der Waals surface area contributed by atoms with Crippen LogP contribution < -0.4 is 4.90 Å². The first kappa shape index (κ1) is 20.5. The quantitative estimate of drug-likeness (QED) is 0.789. The van der Waals surface area contributed by atoms with Gasteiger partial charge in [-0.2, -0.15) is 0 Å². The number of piperidine rings is 1. The highest BCUT2D eigenvalue weighted by atomic mass is 35.5. The van der Waals surface area contributed by atoms with Crippen LogP contribution in [0.25, 0.3) is 0 Å². The number of aliphatic hydroxyl groups excluding tert-OH is 1. The van der Waals surface area contributed by atoms with Crippen molar-refractivity contribution in [2.45, 2.75) is 71.5 Å². The summed E-state index contributed by atoms with van der Waals surface area (Å²) >= 11 is 6.69. The molecule has 25 heavy (non-hydrogen) atoms. The van der Waals surface area contributed by atoms with Crippen LogP contribution in [-0.4, -0.2) is 54.0 Å². The van der Waals surface area contributed by atoms with Crippen molar-refractivity contribution in [2.75, 3.05) is 32.1 Å². The molecule has 1 fully saturated rings. The van der Waals surface area contributed by atoms with Gasteiger partial charge in [-0.25, -0.2) is 0 Å². The van der Waals surface area contributed by atoms with E-state index >= 15 is 0 Å². The summed E-state index contributed by atoms with van der Waals surface area (Å²) in [7, 11) is 4.49. The number of quaternary nitrogens is 1. The minimum Gasteiger partial charge on any atom is -0.391 e. The second kappa shape index (κ2) is 6.75. The molecule has 0 radical (unpaired) electrons. The summed E-state index contributed by atoms with van der Waals surface area (Å²) in [5.74, 6) is 0. The molecule has 0 aromatic heterocycles. The smallest absolute Gasteiger partial charge is 0.102 e. The van der Waals surface area contributed by atoms with Gasteiger partial charge in [-0.1, -0.05) is 17.7 Å². The van der Waals surface area contributed by atoms with E-state index in [4.69, 9.17) is 11.6 Å². The molecule has 0 spiro atoms. The summed E-state index contributed by atoms with van der Waals surface area (Å²) in [5.41, 5.74) is 3.71. The van der Waals surface area contributed by atoms with Gasteiger partial charge in [0.2, 0.25) is 0 Å². The highest BCUT2D eigenvalue weighted by molar-refractivity contribution is 6.33. The summed E-state index contributed by atoms with van der Waals surface area (Å²) in [6.45, 7) is 14.7. The number of nitrogens with zero attached hydrogens (tertiary/aromatic N) is 2. The van der Waals surface area contributed by atoms with E-state index < -0.39 is 0 Å². The molecule has 1 aliphatic rings. The van der Waals surface area contributed by atoms with Gasteiger partial charge in [0, 0.05) is 23.9 Å². The maximum absolute atomic E-state index is 9.48. The first-order valence-electron chi connectivity index (χ1n) is 9.33. The van der Waals surface area contributed by atoms with E-state index in [0.29, 0.717) is 6.04 Å². The Hall–Kier alpha value is -0.770. The van der Waals surface area contributed by atoms with Gasteiger partial charge in [0.1, 0.15) is 6.54 Å². The van der Waals surface area contributed by atoms with Crippen LogP contribution in [0.3, 0.4) is 0 Å². The molecule has 3 nitrogen and oxygen atoms in total. The van der Waals surface area contributed by atoms with Gasteiger partial charge in [-0.3, -0.25) is 0 Å². The summed E-state index contributed by atoms with van der Waals surface area (Å²) in [6, 6.07) is 4.65. The topological polar surface area (TPSA) is 23.5 Å². The number of likely N-dealkylation sites (N-methyl/N-ethyl adjacent to an activating group) is 1. The van der Waals surface area contributed by atoms with Crippen LogP contribution in [0.5, 0.6) is 0 Å². The molecule has 1 N–H and O–H groups in total. The van der Waals surface area contributed by atoms with E-state index in [9.17, 15) is 5.11 Å². The molecular weight excluding hydrogens is 332 g/mol. The molecule has 1 aliphatic heterocycles. The number of hydrogen-bond donors (Lipinski definition) is 1. The molecule has 1 heterocycles. The SMILES string of the molecule is Cc1ccc(Cl)c(N2C(C)(C)CC([N+](C)(C)CCO)CC2(C)C)c1C. The fourth-order valence-electron chi connectivity index (χ4n) is 4.81. The summed E-state index contributed by atoms with van der Waals surface area (Å²) in [5, 5.41) is 10.3. The Morgan fingerprint density at radius 2 is 1.64 bits per heavy atom. The lowest BCUT2D eigenvalue weighted by Gasteiger charge is -2.59. The van der Waals surface area contributed by atoms with E-state index in [1.807, 2.05) is 6.07 Å². The monoisotopic (exact) mass is 367 g/mol. The number of hydrogen-bond acceptors (Lipinski definition) is 2. The van der Waals surface area contributed by atoms with Crippen LogP contribution in [0.1, 0.15) is 51.7 Å². The van der Waals surface area contributed by atoms with Crippen molar-refractivity contribution in [2.24, 2.45) is 0 Å². The number of rotatable bonds is 4. The Balaban J connectivity index is 2.51. The minimum absolute atomic E-state index is 0.0143. The first-order valence-corrected chi connectivity index (χ1v) is 9.71. The maximum Gasteiger partial charge on any atom is 0.102 e. The van der Waals surface area contributed by atoms with Gasteiger partial charge in [-0.05, 0) is 58.7 Å². The zero-order valence-corrected chi connectivity index (χ0v) is 18.0. The van der Waals surface area contributed by atoms with Gasteiger partial charge in [0.05, 0.1) is 37.5 Å². The van der Waals surface area contributed by atoms with Crippen molar-refractivity contribution in [1.82, 2.24) is 0 Å². The molecule has 0 atom stereocenters. The number of halogens is 1. The third kappa shape index (κ3) is 3.84. The lowest BCUT2D eigenvalue weighted by atomic mass is 9.75. The number of aliphatic hydroxyl groups is 1. The van der Waals surface area contributed by atoms with Gasteiger partial charge >= 0.3 is 0 Å². The van der Waals surface area contributed by atoms with E-state index in [1.54, 1.807) is 0 Å². The zero-order chi connectivity index (χ0) is 19.2. The maximum atomic E-state index is 9.48. The molecule has 0 saturated carbocycles. The summed E-state index contributed by atoms with van der Waals surface area (Å²) in [6.07, 6.45) is 2.15. The van der Waals surface area contributed by atoms with Gasteiger partial charge in [-0.15, -0.1) is 0 Å². The zero-order valence-electron chi connectivity index (χ0n) is 17.3. The molecule has 142 valence electrons. The van der Waals surface area contributed by atoms with Crippen LogP contribution in [0, 0.1) is 13.8 Å². The van der Waals surface area contributed by atoms with Crippen LogP contribution >= 0.6 is 11.6 Å². The first-order chi connectivity index (χ1) is 11.3. The predicted octanol–water partition coefficient (Wildman–Crippen LogP) is 4.55. The average molecular weight is 368 g/mol. The van der Waals surface area contributed by atoms with Gasteiger partial charge in [0.25, 0.3) is 0 Å².